The van der Waals surface area contributed by atoms with Crippen LogP contribution >= 0.6 is 11.8 Å². The fraction of sp³-hybridized carbons (Fsp3) is 0.263. The molecule has 2 aromatic rings. The molecule has 0 aliphatic heterocycles. The molecular formula is C19H23N4O4S+. The van der Waals surface area contributed by atoms with Crippen molar-refractivity contribution < 1.29 is 19.4 Å². The van der Waals surface area contributed by atoms with E-state index < -0.39 is 4.92 Å². The molecular weight excluding hydrogens is 380 g/mol. The number of quaternary nitrogens is 1. The number of anilines is 2. The van der Waals surface area contributed by atoms with Gasteiger partial charge in [-0.1, -0.05) is 12.1 Å². The summed E-state index contributed by atoms with van der Waals surface area (Å²) in [5, 5.41) is 16.4. The molecule has 0 aliphatic carbocycles. The average molecular weight is 403 g/mol. The third-order valence-electron chi connectivity index (χ3n) is 4.00. The number of amides is 2. The lowest BCUT2D eigenvalue weighted by atomic mass is 10.2. The van der Waals surface area contributed by atoms with Crippen molar-refractivity contribution in [1.29, 1.82) is 0 Å². The molecule has 148 valence electrons. The highest BCUT2D eigenvalue weighted by atomic mass is 32.2. The fourth-order valence-corrected chi connectivity index (χ4v) is 3.20. The molecule has 0 fully saturated rings. The summed E-state index contributed by atoms with van der Waals surface area (Å²) in [5.41, 5.74) is 1.84. The molecule has 0 saturated heterocycles. The molecule has 1 unspecified atom stereocenters. The van der Waals surface area contributed by atoms with Crippen LogP contribution in [0.15, 0.2) is 47.4 Å². The topological polar surface area (TPSA) is 106 Å². The molecule has 2 rings (SSSR count). The Morgan fingerprint density at radius 3 is 2.25 bits per heavy atom. The SMILES string of the molecule is CSc1ccccc1NC(=O)C[NH+](C)CC(=O)Nc1ccc([N+](=O)[O-])cc1C. The largest absolute Gasteiger partial charge is 0.322 e. The first-order valence-electron chi connectivity index (χ1n) is 8.59. The number of para-hydroxylation sites is 1. The van der Waals surface area contributed by atoms with Crippen LogP contribution in [0.4, 0.5) is 17.1 Å². The van der Waals surface area contributed by atoms with E-state index in [-0.39, 0.29) is 30.6 Å². The lowest BCUT2D eigenvalue weighted by Crippen LogP contribution is -3.11. The molecule has 3 N–H and O–H groups in total. The third-order valence-corrected chi connectivity index (χ3v) is 4.80. The van der Waals surface area contributed by atoms with E-state index in [1.54, 1.807) is 25.7 Å². The molecule has 0 saturated carbocycles. The number of aryl methyl sites for hydroxylation is 1. The van der Waals surface area contributed by atoms with Gasteiger partial charge in [-0.3, -0.25) is 19.7 Å². The first-order valence-corrected chi connectivity index (χ1v) is 9.81. The van der Waals surface area contributed by atoms with Crippen LogP contribution < -0.4 is 15.5 Å². The molecule has 28 heavy (non-hydrogen) atoms. The van der Waals surface area contributed by atoms with Crippen molar-refractivity contribution in [2.45, 2.75) is 11.8 Å². The number of thioether (sulfide) groups is 1. The number of nitrogens with one attached hydrogen (secondary N) is 3. The molecule has 0 aromatic heterocycles. The zero-order chi connectivity index (χ0) is 20.7. The Kier molecular flexibility index (Phi) is 7.53. The van der Waals surface area contributed by atoms with Crippen molar-refractivity contribution >= 4 is 40.6 Å². The highest BCUT2D eigenvalue weighted by molar-refractivity contribution is 7.98. The van der Waals surface area contributed by atoms with Gasteiger partial charge in [-0.2, -0.15) is 0 Å². The van der Waals surface area contributed by atoms with Crippen molar-refractivity contribution in [3.05, 3.63) is 58.1 Å². The summed E-state index contributed by atoms with van der Waals surface area (Å²) in [7, 11) is 1.75. The standard InChI is InChI=1S/C19H22N4O4S/c1-13-10-14(23(26)27)8-9-15(13)20-18(24)11-22(2)12-19(25)21-16-6-4-5-7-17(16)28-3/h4-10H,11-12H2,1-3H3,(H,20,24)(H,21,25)/p+1. The van der Waals surface area contributed by atoms with Gasteiger partial charge in [0, 0.05) is 22.7 Å². The first kappa shape index (κ1) is 21.4. The van der Waals surface area contributed by atoms with Crippen molar-refractivity contribution in [2.24, 2.45) is 0 Å². The minimum absolute atomic E-state index is 0.0274. The van der Waals surface area contributed by atoms with Crippen molar-refractivity contribution in [2.75, 3.05) is 37.0 Å². The molecule has 0 radical (unpaired) electrons. The van der Waals surface area contributed by atoms with Crippen molar-refractivity contribution in [3.8, 4) is 0 Å². The van der Waals surface area contributed by atoms with Crippen molar-refractivity contribution in [1.82, 2.24) is 0 Å². The Labute approximate surface area is 167 Å². The molecule has 0 bridgehead atoms. The molecule has 0 aliphatic rings. The molecule has 0 spiro atoms. The van der Waals surface area contributed by atoms with Crippen LogP contribution in [0, 0.1) is 17.0 Å². The molecule has 2 amide bonds. The van der Waals surface area contributed by atoms with Gasteiger partial charge in [0.05, 0.1) is 17.7 Å². The number of hydrogen-bond donors (Lipinski definition) is 3. The molecule has 1 atom stereocenters. The Morgan fingerprint density at radius 2 is 1.68 bits per heavy atom. The molecule has 0 heterocycles. The number of carbonyl (C=O) groups excluding carboxylic acids is 2. The number of nitro groups is 1. The number of benzene rings is 2. The van der Waals surface area contributed by atoms with E-state index in [2.05, 4.69) is 10.6 Å². The Morgan fingerprint density at radius 1 is 1.07 bits per heavy atom. The summed E-state index contributed by atoms with van der Waals surface area (Å²) in [6, 6.07) is 11.8. The van der Waals surface area contributed by atoms with E-state index in [1.165, 1.54) is 18.2 Å². The quantitative estimate of drug-likeness (QED) is 0.354. The zero-order valence-electron chi connectivity index (χ0n) is 15.9. The van der Waals surface area contributed by atoms with E-state index in [4.69, 9.17) is 0 Å². The minimum Gasteiger partial charge on any atom is -0.322 e. The third kappa shape index (κ3) is 6.07. The fourth-order valence-electron chi connectivity index (χ4n) is 2.65. The van der Waals surface area contributed by atoms with E-state index in [0.29, 0.717) is 11.3 Å². The first-order chi connectivity index (χ1) is 13.3. The Balaban J connectivity index is 1.88. The second kappa shape index (κ2) is 9.86. The van der Waals surface area contributed by atoms with Gasteiger partial charge in [0.1, 0.15) is 0 Å². The number of nitrogens with zero attached hydrogens (tertiary/aromatic N) is 1. The summed E-state index contributed by atoms with van der Waals surface area (Å²) in [4.78, 5) is 36.5. The highest BCUT2D eigenvalue weighted by Gasteiger charge is 2.16. The van der Waals surface area contributed by atoms with Gasteiger partial charge < -0.3 is 15.5 Å². The number of non-ortho nitro benzene ring substituents is 1. The minimum atomic E-state index is -0.482. The predicted octanol–water partition coefficient (Wildman–Crippen LogP) is 1.72. The number of likely N-dealkylation sites (N-methyl/N-ethyl adjacent to an activating group) is 1. The Hall–Kier alpha value is -2.91. The van der Waals surface area contributed by atoms with Crippen LogP contribution in [0.25, 0.3) is 0 Å². The number of nitro benzene ring substituents is 1. The van der Waals surface area contributed by atoms with E-state index >= 15 is 0 Å². The number of carbonyl (C=O) groups is 2. The van der Waals surface area contributed by atoms with Crippen LogP contribution in [-0.4, -0.2) is 43.1 Å². The number of rotatable bonds is 8. The predicted molar refractivity (Wildman–Crippen MR) is 110 cm³/mol. The monoisotopic (exact) mass is 403 g/mol. The van der Waals surface area contributed by atoms with E-state index in [1.807, 2.05) is 30.5 Å². The Bertz CT molecular complexity index is 888. The van der Waals surface area contributed by atoms with Crippen molar-refractivity contribution in [3.63, 3.8) is 0 Å². The summed E-state index contributed by atoms with van der Waals surface area (Å²) in [6.07, 6.45) is 1.94. The van der Waals surface area contributed by atoms with Gasteiger partial charge in [0.25, 0.3) is 17.5 Å². The molecule has 8 nitrogen and oxygen atoms in total. The van der Waals surface area contributed by atoms with Crippen LogP contribution in [0.5, 0.6) is 0 Å². The number of hydrogen-bond acceptors (Lipinski definition) is 5. The van der Waals surface area contributed by atoms with Gasteiger partial charge in [-0.05, 0) is 36.9 Å². The zero-order valence-corrected chi connectivity index (χ0v) is 16.8. The normalized spacial score (nSPS) is 11.5. The molecule has 9 heteroatoms. The van der Waals surface area contributed by atoms with Gasteiger partial charge in [0.15, 0.2) is 13.1 Å². The average Bonchev–Trinajstić information content (AvgIpc) is 2.63. The van der Waals surface area contributed by atoms with Crippen LogP contribution in [0.2, 0.25) is 0 Å². The van der Waals surface area contributed by atoms with E-state index in [0.717, 1.165) is 15.5 Å². The maximum Gasteiger partial charge on any atom is 0.279 e. The second-order valence-corrected chi connectivity index (χ2v) is 7.21. The van der Waals surface area contributed by atoms with E-state index in [9.17, 15) is 19.7 Å². The lowest BCUT2D eigenvalue weighted by molar-refractivity contribution is -0.862. The van der Waals surface area contributed by atoms with Gasteiger partial charge in [-0.15, -0.1) is 11.8 Å². The van der Waals surface area contributed by atoms with Crippen LogP contribution in [0.3, 0.4) is 0 Å². The summed E-state index contributed by atoms with van der Waals surface area (Å²) in [5.74, 6) is -0.454. The lowest BCUT2D eigenvalue weighted by Gasteiger charge is -2.15. The van der Waals surface area contributed by atoms with Crippen LogP contribution in [-0.2, 0) is 9.59 Å². The smallest absolute Gasteiger partial charge is 0.279 e. The summed E-state index contributed by atoms with van der Waals surface area (Å²) < 4.78 is 0. The molecule has 2 aromatic carbocycles. The highest BCUT2D eigenvalue weighted by Crippen LogP contribution is 2.24. The second-order valence-electron chi connectivity index (χ2n) is 6.36. The summed E-state index contributed by atoms with van der Waals surface area (Å²) >= 11 is 1.54. The summed E-state index contributed by atoms with van der Waals surface area (Å²) in [6.45, 7) is 1.92. The maximum atomic E-state index is 12.2. The van der Waals surface area contributed by atoms with Gasteiger partial charge in [0.2, 0.25) is 0 Å². The van der Waals surface area contributed by atoms with Crippen LogP contribution in [0.1, 0.15) is 5.56 Å². The van der Waals surface area contributed by atoms with Gasteiger partial charge in [-0.25, -0.2) is 0 Å². The maximum absolute atomic E-state index is 12.2. The van der Waals surface area contributed by atoms with Gasteiger partial charge >= 0.3 is 0 Å².